The molecule has 0 nitrogen and oxygen atoms in total. The molecule has 1 fully saturated rings. The Kier molecular flexibility index (Phi) is 2.00. The van der Waals surface area contributed by atoms with Gasteiger partial charge in [0.1, 0.15) is 0 Å². The van der Waals surface area contributed by atoms with E-state index in [0.717, 1.165) is 5.92 Å². The van der Waals surface area contributed by atoms with Crippen molar-refractivity contribution in [3.05, 3.63) is 6.42 Å². The molecule has 0 aromatic heterocycles. The summed E-state index contributed by atoms with van der Waals surface area (Å²) in [5, 5.41) is 0. The normalized spacial score (nSPS) is 33.9. The summed E-state index contributed by atoms with van der Waals surface area (Å²) in [7, 11) is 0. The smallest absolute Gasteiger partial charge is 0.324 e. The van der Waals surface area contributed by atoms with Gasteiger partial charge in [0, 0.05) is 0 Å². The molecule has 0 unspecified atom stereocenters. The SMILES string of the molecule is C[C@H]1[CH-]C1(C)C.[Li+]. The van der Waals surface area contributed by atoms with E-state index in [1.165, 1.54) is 0 Å². The fraction of sp³-hybridized carbons (Fsp3) is 0.833. The van der Waals surface area contributed by atoms with E-state index in [1.807, 2.05) is 0 Å². The quantitative estimate of drug-likeness (QED) is 0.261. The Morgan fingerprint density at radius 2 is 1.57 bits per heavy atom. The first-order valence-corrected chi connectivity index (χ1v) is 2.49. The summed E-state index contributed by atoms with van der Waals surface area (Å²) in [6, 6.07) is 0. The van der Waals surface area contributed by atoms with E-state index < -0.39 is 0 Å². The molecule has 1 atom stereocenters. The van der Waals surface area contributed by atoms with Gasteiger partial charge >= 0.3 is 18.9 Å². The third-order valence-electron chi connectivity index (χ3n) is 1.74. The van der Waals surface area contributed by atoms with Crippen molar-refractivity contribution < 1.29 is 18.9 Å². The molecular weight excluding hydrogens is 79.0 g/mol. The van der Waals surface area contributed by atoms with Gasteiger partial charge < -0.3 is 6.42 Å². The van der Waals surface area contributed by atoms with Crippen LogP contribution in [-0.4, -0.2) is 0 Å². The van der Waals surface area contributed by atoms with Crippen molar-refractivity contribution >= 4 is 0 Å². The van der Waals surface area contributed by atoms with Gasteiger partial charge in [0.05, 0.1) is 0 Å². The molecule has 1 aliphatic carbocycles. The van der Waals surface area contributed by atoms with E-state index in [9.17, 15) is 0 Å². The van der Waals surface area contributed by atoms with Gasteiger partial charge in [-0.15, -0.1) is 0 Å². The predicted molar refractivity (Wildman–Crippen MR) is 27.2 cm³/mol. The summed E-state index contributed by atoms with van der Waals surface area (Å²) in [5.41, 5.74) is 0.583. The predicted octanol–water partition coefficient (Wildman–Crippen LogP) is -1.13. The molecule has 1 saturated carbocycles. The number of hydrogen-bond donors (Lipinski definition) is 0. The summed E-state index contributed by atoms with van der Waals surface area (Å²) in [4.78, 5) is 0. The molecule has 36 valence electrons. The minimum atomic E-state index is 0. The minimum Gasteiger partial charge on any atom is -0.324 e. The average molecular weight is 90.1 g/mol. The minimum absolute atomic E-state index is 0. The van der Waals surface area contributed by atoms with Gasteiger partial charge in [-0.2, -0.15) is 11.3 Å². The van der Waals surface area contributed by atoms with E-state index in [1.54, 1.807) is 0 Å². The number of hydrogen-bond acceptors (Lipinski definition) is 0. The standard InChI is InChI=1S/C6H11.Li/c1-5-4-6(5,2)3;/h4-5H,1-3H3;/q-1;+1/t5-;/m0./s1. The van der Waals surface area contributed by atoms with Gasteiger partial charge in [-0.3, -0.25) is 0 Å². The van der Waals surface area contributed by atoms with Crippen LogP contribution in [0.25, 0.3) is 0 Å². The summed E-state index contributed by atoms with van der Waals surface area (Å²) in [6.45, 7) is 6.77. The molecule has 0 aromatic carbocycles. The van der Waals surface area contributed by atoms with Crippen molar-refractivity contribution in [1.29, 1.82) is 0 Å². The first-order chi connectivity index (χ1) is 2.63. The maximum absolute atomic E-state index is 2.35. The van der Waals surface area contributed by atoms with Gasteiger partial charge in [-0.05, 0) is 0 Å². The van der Waals surface area contributed by atoms with Crippen LogP contribution in [0.4, 0.5) is 0 Å². The van der Waals surface area contributed by atoms with E-state index in [4.69, 9.17) is 0 Å². The van der Waals surface area contributed by atoms with Crippen molar-refractivity contribution in [1.82, 2.24) is 0 Å². The van der Waals surface area contributed by atoms with Crippen LogP contribution < -0.4 is 18.9 Å². The van der Waals surface area contributed by atoms with Crippen LogP contribution in [0.1, 0.15) is 20.8 Å². The molecule has 0 heterocycles. The molecule has 0 spiro atoms. The molecule has 1 rings (SSSR count). The van der Waals surface area contributed by atoms with Gasteiger partial charge in [0.15, 0.2) is 0 Å². The maximum atomic E-state index is 2.35. The second-order valence-corrected chi connectivity index (χ2v) is 2.78. The largest absolute Gasteiger partial charge is 1.00 e. The van der Waals surface area contributed by atoms with E-state index in [-0.39, 0.29) is 18.9 Å². The first-order valence-electron chi connectivity index (χ1n) is 2.49. The Morgan fingerprint density at radius 3 is 1.57 bits per heavy atom. The Bertz CT molecular complexity index is 66.6. The molecule has 7 heavy (non-hydrogen) atoms. The third kappa shape index (κ3) is 1.51. The van der Waals surface area contributed by atoms with Crippen LogP contribution in [0.5, 0.6) is 0 Å². The topological polar surface area (TPSA) is 0 Å². The fourth-order valence-electron chi connectivity index (χ4n) is 0.596. The molecule has 0 amide bonds. The van der Waals surface area contributed by atoms with Gasteiger partial charge in [-0.1, -0.05) is 20.8 Å². The molecule has 0 N–H and O–H groups in total. The van der Waals surface area contributed by atoms with E-state index >= 15 is 0 Å². The molecule has 0 aliphatic heterocycles. The van der Waals surface area contributed by atoms with Gasteiger partial charge in [-0.25, -0.2) is 0 Å². The first kappa shape index (κ1) is 7.60. The van der Waals surface area contributed by atoms with Crippen molar-refractivity contribution in [3.63, 3.8) is 0 Å². The van der Waals surface area contributed by atoms with Crippen LogP contribution in [0.3, 0.4) is 0 Å². The van der Waals surface area contributed by atoms with E-state index in [0.29, 0.717) is 5.41 Å². The molecule has 0 radical (unpaired) electrons. The number of rotatable bonds is 0. The zero-order valence-corrected chi connectivity index (χ0v) is 5.65. The Morgan fingerprint density at radius 1 is 1.43 bits per heavy atom. The average Bonchev–Trinajstić information content (AvgIpc) is 1.73. The molecule has 1 heteroatoms. The Balaban J connectivity index is 0.000000360. The second-order valence-electron chi connectivity index (χ2n) is 2.78. The molecule has 0 saturated heterocycles. The zero-order chi connectivity index (χ0) is 4.78. The van der Waals surface area contributed by atoms with Crippen molar-refractivity contribution in [3.8, 4) is 0 Å². The summed E-state index contributed by atoms with van der Waals surface area (Å²) >= 11 is 0. The third-order valence-corrected chi connectivity index (χ3v) is 1.74. The van der Waals surface area contributed by atoms with Gasteiger partial charge in [0.2, 0.25) is 0 Å². The van der Waals surface area contributed by atoms with Crippen molar-refractivity contribution in [2.24, 2.45) is 11.3 Å². The molecule has 0 bridgehead atoms. The molecular formula is C6H11Li. The Hall–Kier alpha value is 0.597. The van der Waals surface area contributed by atoms with Crippen LogP contribution in [-0.2, 0) is 0 Å². The summed E-state index contributed by atoms with van der Waals surface area (Å²) in [5.74, 6) is 0.873. The van der Waals surface area contributed by atoms with Gasteiger partial charge in [0.25, 0.3) is 0 Å². The molecule has 0 aromatic rings. The fourth-order valence-corrected chi connectivity index (χ4v) is 0.596. The van der Waals surface area contributed by atoms with Crippen molar-refractivity contribution in [2.45, 2.75) is 20.8 Å². The van der Waals surface area contributed by atoms with Crippen molar-refractivity contribution in [2.75, 3.05) is 0 Å². The molecule has 1 aliphatic rings. The van der Waals surface area contributed by atoms with Crippen LogP contribution in [0, 0.1) is 17.8 Å². The summed E-state index contributed by atoms with van der Waals surface area (Å²) < 4.78 is 0. The zero-order valence-electron chi connectivity index (χ0n) is 5.65. The Labute approximate surface area is 57.9 Å². The summed E-state index contributed by atoms with van der Waals surface area (Å²) in [6.07, 6.45) is 2.35. The van der Waals surface area contributed by atoms with E-state index in [2.05, 4.69) is 27.2 Å². The second kappa shape index (κ2) is 1.84. The monoisotopic (exact) mass is 90.1 g/mol. The maximum Gasteiger partial charge on any atom is 1.00 e. The van der Waals surface area contributed by atoms with Crippen LogP contribution >= 0.6 is 0 Å². The van der Waals surface area contributed by atoms with Crippen LogP contribution in [0.2, 0.25) is 0 Å². The van der Waals surface area contributed by atoms with Crippen LogP contribution in [0.15, 0.2) is 0 Å².